The van der Waals surface area contributed by atoms with E-state index in [0.717, 1.165) is 10.7 Å². The van der Waals surface area contributed by atoms with E-state index in [1.807, 2.05) is 10.9 Å². The molecule has 0 aliphatic rings. The molecule has 0 amide bonds. The summed E-state index contributed by atoms with van der Waals surface area (Å²) in [6, 6.07) is 0. The van der Waals surface area contributed by atoms with Crippen LogP contribution in [0, 0.1) is 0 Å². The molecule has 62 valence electrons. The number of hydrogen-bond acceptors (Lipinski definition) is 5. The second-order valence-electron chi connectivity index (χ2n) is 2.00. The Morgan fingerprint density at radius 2 is 2.64 bits per heavy atom. The smallest absolute Gasteiger partial charge is 0.119 e. The van der Waals surface area contributed by atoms with Gasteiger partial charge in [0.15, 0.2) is 0 Å². The van der Waals surface area contributed by atoms with Crippen LogP contribution in [0.3, 0.4) is 0 Å². The molecule has 0 saturated heterocycles. The number of nitrogens with zero attached hydrogens (tertiary/aromatic N) is 1. The molecule has 0 atom stereocenters. The predicted molar refractivity (Wildman–Crippen MR) is 41.5 cm³/mol. The average molecular weight is 174 g/mol. The van der Waals surface area contributed by atoms with E-state index in [4.69, 9.17) is 9.94 Å². The van der Waals surface area contributed by atoms with E-state index in [-0.39, 0.29) is 0 Å². The minimum absolute atomic E-state index is 0.389. The third-order valence-corrected chi connectivity index (χ3v) is 2.00. The van der Waals surface area contributed by atoms with Gasteiger partial charge >= 0.3 is 0 Å². The summed E-state index contributed by atoms with van der Waals surface area (Å²) in [7, 11) is 1.63. The monoisotopic (exact) mass is 174 g/mol. The summed E-state index contributed by atoms with van der Waals surface area (Å²) in [5, 5.41) is 11.2. The first-order chi connectivity index (χ1) is 5.36. The van der Waals surface area contributed by atoms with Gasteiger partial charge < -0.3 is 9.94 Å². The molecule has 0 fully saturated rings. The van der Waals surface area contributed by atoms with Crippen molar-refractivity contribution in [2.45, 2.75) is 13.2 Å². The van der Waals surface area contributed by atoms with Crippen molar-refractivity contribution in [1.29, 1.82) is 0 Å². The van der Waals surface area contributed by atoms with Crippen LogP contribution in [-0.4, -0.2) is 17.3 Å². The zero-order valence-corrected chi connectivity index (χ0v) is 7.02. The van der Waals surface area contributed by atoms with Gasteiger partial charge in [-0.25, -0.2) is 4.98 Å². The highest BCUT2D eigenvalue weighted by Crippen LogP contribution is 2.09. The summed E-state index contributed by atoms with van der Waals surface area (Å²) in [4.78, 5) is 4.16. The zero-order chi connectivity index (χ0) is 8.10. The Morgan fingerprint density at radius 1 is 1.82 bits per heavy atom. The lowest BCUT2D eigenvalue weighted by Crippen LogP contribution is -2.06. The molecule has 0 saturated carbocycles. The maximum Gasteiger partial charge on any atom is 0.119 e. The molecule has 0 spiro atoms. The van der Waals surface area contributed by atoms with Crippen molar-refractivity contribution in [3.63, 3.8) is 0 Å². The van der Waals surface area contributed by atoms with Crippen LogP contribution in [0.2, 0.25) is 0 Å². The minimum atomic E-state index is 0.389. The minimum Gasteiger partial charge on any atom is -0.378 e. The third kappa shape index (κ3) is 2.55. The van der Waals surface area contributed by atoms with E-state index in [9.17, 15) is 0 Å². The van der Waals surface area contributed by atoms with Crippen LogP contribution in [0.1, 0.15) is 10.7 Å². The topological polar surface area (TPSA) is 54.4 Å². The number of ether oxygens (including phenoxy) is 1. The van der Waals surface area contributed by atoms with Crippen molar-refractivity contribution in [2.24, 2.45) is 0 Å². The molecule has 4 nitrogen and oxygen atoms in total. The van der Waals surface area contributed by atoms with Gasteiger partial charge in [-0.15, -0.1) is 11.3 Å². The molecule has 0 bridgehead atoms. The highest BCUT2D eigenvalue weighted by atomic mass is 32.1. The first-order valence-corrected chi connectivity index (χ1v) is 4.04. The van der Waals surface area contributed by atoms with Gasteiger partial charge in [0.25, 0.3) is 0 Å². The molecule has 1 aromatic rings. The second kappa shape index (κ2) is 4.40. The molecule has 11 heavy (non-hydrogen) atoms. The highest BCUT2D eigenvalue weighted by Gasteiger charge is 1.99. The molecular formula is C6H10N2O2S. The third-order valence-electron chi connectivity index (χ3n) is 1.13. The maximum absolute atomic E-state index is 8.34. The lowest BCUT2D eigenvalue weighted by atomic mass is 10.5. The van der Waals surface area contributed by atoms with E-state index in [2.05, 4.69) is 4.98 Å². The molecule has 0 radical (unpaired) electrons. The fraction of sp³-hybridized carbons (Fsp3) is 0.500. The van der Waals surface area contributed by atoms with Gasteiger partial charge in [0.1, 0.15) is 5.01 Å². The summed E-state index contributed by atoms with van der Waals surface area (Å²) >= 11 is 1.53. The summed E-state index contributed by atoms with van der Waals surface area (Å²) < 4.78 is 4.88. The van der Waals surface area contributed by atoms with Crippen LogP contribution < -0.4 is 5.48 Å². The molecule has 1 heterocycles. The number of methoxy groups -OCH3 is 1. The summed E-state index contributed by atoms with van der Waals surface area (Å²) in [5.74, 6) is 0. The van der Waals surface area contributed by atoms with E-state index in [0.29, 0.717) is 13.2 Å². The van der Waals surface area contributed by atoms with E-state index < -0.39 is 0 Å². The quantitative estimate of drug-likeness (QED) is 0.662. The molecule has 2 N–H and O–H groups in total. The number of rotatable bonds is 4. The summed E-state index contributed by atoms with van der Waals surface area (Å²) in [5.41, 5.74) is 2.88. The summed E-state index contributed by atoms with van der Waals surface area (Å²) in [6.07, 6.45) is 0. The summed E-state index contributed by atoms with van der Waals surface area (Å²) in [6.45, 7) is 0.927. The van der Waals surface area contributed by atoms with Gasteiger partial charge in [-0.3, -0.25) is 0 Å². The Kier molecular flexibility index (Phi) is 3.44. The number of hydroxylamine groups is 1. The molecular weight excluding hydrogens is 164 g/mol. The fourth-order valence-corrected chi connectivity index (χ4v) is 1.46. The first kappa shape index (κ1) is 8.61. The standard InChI is InChI=1S/C6H10N2O2S/c1-10-3-6-8-5(2-7-9)4-11-6/h4,7,9H,2-3H2,1H3. The lowest BCUT2D eigenvalue weighted by Gasteiger charge is -1.91. The van der Waals surface area contributed by atoms with Gasteiger partial charge in [-0.2, -0.15) is 5.48 Å². The normalized spacial score (nSPS) is 10.4. The SMILES string of the molecule is COCc1nc(CNO)cs1. The molecule has 0 aliphatic heterocycles. The number of thiazole rings is 1. The lowest BCUT2D eigenvalue weighted by molar-refractivity contribution is 0.159. The first-order valence-electron chi connectivity index (χ1n) is 3.16. The van der Waals surface area contributed by atoms with Crippen molar-refractivity contribution in [1.82, 2.24) is 10.5 Å². The average Bonchev–Trinajstić information content (AvgIpc) is 2.38. The zero-order valence-electron chi connectivity index (χ0n) is 6.20. The van der Waals surface area contributed by atoms with Crippen LogP contribution in [0.25, 0.3) is 0 Å². The van der Waals surface area contributed by atoms with Gasteiger partial charge in [0.2, 0.25) is 0 Å². The van der Waals surface area contributed by atoms with Crippen LogP contribution >= 0.6 is 11.3 Å². The molecule has 1 aromatic heterocycles. The molecule has 0 aliphatic carbocycles. The van der Waals surface area contributed by atoms with Crippen LogP contribution in [0.5, 0.6) is 0 Å². The molecule has 1 rings (SSSR count). The van der Waals surface area contributed by atoms with Gasteiger partial charge in [-0.05, 0) is 0 Å². The molecule has 5 heteroatoms. The van der Waals surface area contributed by atoms with Crippen molar-refractivity contribution < 1.29 is 9.94 Å². The second-order valence-corrected chi connectivity index (χ2v) is 2.94. The van der Waals surface area contributed by atoms with E-state index in [1.54, 1.807) is 7.11 Å². The highest BCUT2D eigenvalue weighted by molar-refractivity contribution is 7.09. The largest absolute Gasteiger partial charge is 0.378 e. The Labute approximate surface area is 68.8 Å². The van der Waals surface area contributed by atoms with Crippen molar-refractivity contribution in [2.75, 3.05) is 7.11 Å². The van der Waals surface area contributed by atoms with Crippen molar-refractivity contribution in [3.8, 4) is 0 Å². The maximum atomic E-state index is 8.34. The number of hydrogen-bond donors (Lipinski definition) is 2. The van der Waals surface area contributed by atoms with Gasteiger partial charge in [0, 0.05) is 12.5 Å². The fourth-order valence-electron chi connectivity index (χ4n) is 0.701. The van der Waals surface area contributed by atoms with Gasteiger partial charge in [-0.1, -0.05) is 0 Å². The Morgan fingerprint density at radius 3 is 3.27 bits per heavy atom. The van der Waals surface area contributed by atoms with Crippen LogP contribution in [0.15, 0.2) is 5.38 Å². The van der Waals surface area contributed by atoms with E-state index in [1.165, 1.54) is 11.3 Å². The molecule has 0 unspecified atom stereocenters. The van der Waals surface area contributed by atoms with Crippen molar-refractivity contribution in [3.05, 3.63) is 16.1 Å². The van der Waals surface area contributed by atoms with E-state index >= 15 is 0 Å². The predicted octanol–water partition coefficient (Wildman–Crippen LogP) is 0.768. The Balaban J connectivity index is 2.51. The van der Waals surface area contributed by atoms with Gasteiger partial charge in [0.05, 0.1) is 18.8 Å². The number of aromatic nitrogens is 1. The molecule has 0 aromatic carbocycles. The van der Waals surface area contributed by atoms with Crippen LogP contribution in [0.4, 0.5) is 0 Å². The Bertz CT molecular complexity index is 194. The van der Waals surface area contributed by atoms with Crippen molar-refractivity contribution >= 4 is 11.3 Å². The van der Waals surface area contributed by atoms with Crippen LogP contribution in [-0.2, 0) is 17.9 Å². The number of nitrogens with one attached hydrogen (secondary N) is 1. The Hall–Kier alpha value is -0.490.